The van der Waals surface area contributed by atoms with E-state index in [9.17, 15) is 8.42 Å². The number of hydrogen-bond acceptors (Lipinski definition) is 6. The maximum atomic E-state index is 12.6. The Morgan fingerprint density at radius 1 is 0.920 bits per heavy atom. The van der Waals surface area contributed by atoms with Crippen LogP contribution in [0.25, 0.3) is 0 Å². The third-order valence-corrected chi connectivity index (χ3v) is 8.46. The molecule has 6 nitrogen and oxygen atoms in total. The summed E-state index contributed by atoms with van der Waals surface area (Å²) in [6, 6.07) is 0. The Bertz CT molecular complexity index is 408. The molecule has 2 heterocycles. The van der Waals surface area contributed by atoms with E-state index in [4.69, 9.17) is 18.9 Å². The van der Waals surface area contributed by atoms with Gasteiger partial charge >= 0.3 is 0 Å². The van der Waals surface area contributed by atoms with Crippen molar-refractivity contribution in [2.24, 2.45) is 0 Å². The maximum Gasteiger partial charge on any atom is 0.157 e. The maximum absolute atomic E-state index is 12.6. The Kier molecular flexibility index (Phi) is 10.7. The second-order valence-electron chi connectivity index (χ2n) is 6.31. The fourth-order valence-electron chi connectivity index (χ4n) is 2.94. The number of hydrogen-bond donors (Lipinski definition) is 0. The lowest BCUT2D eigenvalue weighted by atomic mass is 10.2. The SMILES string of the molecule is CCS(=O)C(CCOC1CCCCO1)S(=O)CCOC1CCCCO1. The molecule has 2 rings (SSSR count). The van der Waals surface area contributed by atoms with E-state index in [0.29, 0.717) is 31.1 Å². The van der Waals surface area contributed by atoms with Crippen LogP contribution < -0.4 is 0 Å². The van der Waals surface area contributed by atoms with Crippen LogP contribution in [-0.4, -0.2) is 63.5 Å². The van der Waals surface area contributed by atoms with Gasteiger partial charge in [0.2, 0.25) is 0 Å². The average molecular weight is 397 g/mol. The molecule has 0 aromatic carbocycles. The van der Waals surface area contributed by atoms with Crippen LogP contribution in [0.4, 0.5) is 0 Å². The van der Waals surface area contributed by atoms with Gasteiger partial charge in [-0.25, -0.2) is 0 Å². The molecular formula is C17H32O6S2. The van der Waals surface area contributed by atoms with Crippen molar-refractivity contribution >= 4 is 21.6 Å². The lowest BCUT2D eigenvalue weighted by Gasteiger charge is -2.24. The van der Waals surface area contributed by atoms with Crippen LogP contribution in [0.5, 0.6) is 0 Å². The van der Waals surface area contributed by atoms with Gasteiger partial charge in [-0.15, -0.1) is 0 Å². The van der Waals surface area contributed by atoms with Gasteiger partial charge in [-0.1, -0.05) is 6.92 Å². The third kappa shape index (κ3) is 8.13. The summed E-state index contributed by atoms with van der Waals surface area (Å²) in [6.07, 6.45) is 6.36. The molecule has 0 spiro atoms. The van der Waals surface area contributed by atoms with E-state index >= 15 is 0 Å². The predicted octanol–water partition coefficient (Wildman–Crippen LogP) is 2.31. The topological polar surface area (TPSA) is 71.1 Å². The molecule has 148 valence electrons. The highest BCUT2D eigenvalue weighted by Gasteiger charge is 2.24. The summed E-state index contributed by atoms with van der Waals surface area (Å²) in [5.74, 6) is 0.888. The summed E-state index contributed by atoms with van der Waals surface area (Å²) >= 11 is 0. The van der Waals surface area contributed by atoms with Crippen molar-refractivity contribution in [2.75, 3.05) is 37.9 Å². The molecule has 0 N–H and O–H groups in total. The zero-order chi connectivity index (χ0) is 17.9. The van der Waals surface area contributed by atoms with Gasteiger partial charge in [0, 0.05) is 46.3 Å². The van der Waals surface area contributed by atoms with E-state index in [2.05, 4.69) is 0 Å². The van der Waals surface area contributed by atoms with Gasteiger partial charge in [0.25, 0.3) is 0 Å². The van der Waals surface area contributed by atoms with Gasteiger partial charge < -0.3 is 18.9 Å². The second kappa shape index (κ2) is 12.5. The molecule has 2 saturated heterocycles. The fourth-order valence-corrected chi connectivity index (χ4v) is 6.21. The molecule has 5 unspecified atom stereocenters. The summed E-state index contributed by atoms with van der Waals surface area (Å²) in [5.41, 5.74) is 0. The lowest BCUT2D eigenvalue weighted by molar-refractivity contribution is -0.162. The summed E-state index contributed by atoms with van der Waals surface area (Å²) in [7, 11) is -2.32. The Morgan fingerprint density at radius 2 is 1.52 bits per heavy atom. The van der Waals surface area contributed by atoms with Crippen LogP contribution in [0.1, 0.15) is 51.9 Å². The molecule has 0 radical (unpaired) electrons. The first-order valence-corrected chi connectivity index (χ1v) is 12.2. The van der Waals surface area contributed by atoms with Crippen LogP contribution in [0.3, 0.4) is 0 Å². The zero-order valence-corrected chi connectivity index (χ0v) is 16.8. The smallest absolute Gasteiger partial charge is 0.157 e. The first kappa shape index (κ1) is 21.4. The first-order valence-electron chi connectivity index (χ1n) is 9.41. The number of ether oxygens (including phenoxy) is 4. The van der Waals surface area contributed by atoms with Crippen LogP contribution >= 0.6 is 0 Å². The Hall–Kier alpha value is 0.140. The van der Waals surface area contributed by atoms with Gasteiger partial charge in [-0.2, -0.15) is 0 Å². The van der Waals surface area contributed by atoms with Crippen molar-refractivity contribution < 1.29 is 27.4 Å². The van der Waals surface area contributed by atoms with Crippen molar-refractivity contribution in [3.63, 3.8) is 0 Å². The van der Waals surface area contributed by atoms with E-state index in [1.807, 2.05) is 6.92 Å². The molecule has 0 amide bonds. The second-order valence-corrected chi connectivity index (χ2v) is 10.3. The predicted molar refractivity (Wildman–Crippen MR) is 99.2 cm³/mol. The average Bonchev–Trinajstić information content (AvgIpc) is 2.66. The molecule has 0 aromatic heterocycles. The summed E-state index contributed by atoms with van der Waals surface area (Å²) in [4.78, 5) is 0. The van der Waals surface area contributed by atoms with E-state index in [0.717, 1.165) is 51.7 Å². The molecule has 8 heteroatoms. The van der Waals surface area contributed by atoms with Crippen molar-refractivity contribution in [3.8, 4) is 0 Å². The standard InChI is InChI=1S/C17H32O6S2/c1-2-24(18)17(9-12-22-15-7-3-5-10-20-15)25(19)14-13-23-16-8-4-6-11-21-16/h15-17H,2-14H2,1H3. The Morgan fingerprint density at radius 3 is 2.04 bits per heavy atom. The first-order chi connectivity index (χ1) is 12.2. The molecule has 2 fully saturated rings. The monoisotopic (exact) mass is 396 g/mol. The van der Waals surface area contributed by atoms with Gasteiger partial charge in [0.1, 0.15) is 4.58 Å². The molecule has 5 atom stereocenters. The highest BCUT2D eigenvalue weighted by molar-refractivity contribution is 8.02. The van der Waals surface area contributed by atoms with Crippen LogP contribution in [0, 0.1) is 0 Å². The van der Waals surface area contributed by atoms with Crippen LogP contribution in [0.2, 0.25) is 0 Å². The Balaban J connectivity index is 1.69. The van der Waals surface area contributed by atoms with Gasteiger partial charge in [-0.3, -0.25) is 8.42 Å². The van der Waals surface area contributed by atoms with E-state index in [1.165, 1.54) is 0 Å². The van der Waals surface area contributed by atoms with Crippen LogP contribution in [0.15, 0.2) is 0 Å². The summed E-state index contributed by atoms with van der Waals surface area (Å²) in [6.45, 7) is 4.14. The highest BCUT2D eigenvalue weighted by atomic mass is 32.2. The van der Waals surface area contributed by atoms with Crippen molar-refractivity contribution in [1.29, 1.82) is 0 Å². The van der Waals surface area contributed by atoms with Crippen molar-refractivity contribution in [1.82, 2.24) is 0 Å². The zero-order valence-electron chi connectivity index (χ0n) is 15.2. The van der Waals surface area contributed by atoms with Crippen molar-refractivity contribution in [2.45, 2.75) is 69.0 Å². The summed E-state index contributed by atoms with van der Waals surface area (Å²) in [5, 5.41) is 0. The minimum atomic E-state index is -1.20. The molecule has 25 heavy (non-hydrogen) atoms. The van der Waals surface area contributed by atoms with Gasteiger partial charge in [0.05, 0.1) is 13.2 Å². The molecule has 0 bridgehead atoms. The number of rotatable bonds is 11. The van der Waals surface area contributed by atoms with Crippen molar-refractivity contribution in [3.05, 3.63) is 0 Å². The Labute approximate surface area is 156 Å². The molecule has 2 aliphatic rings. The van der Waals surface area contributed by atoms with E-state index in [1.54, 1.807) is 0 Å². The molecular weight excluding hydrogens is 364 g/mol. The largest absolute Gasteiger partial charge is 0.353 e. The molecule has 0 saturated carbocycles. The molecule has 2 aliphatic heterocycles. The fraction of sp³-hybridized carbons (Fsp3) is 1.00. The van der Waals surface area contributed by atoms with Gasteiger partial charge in [-0.05, 0) is 44.9 Å². The van der Waals surface area contributed by atoms with Gasteiger partial charge in [0.15, 0.2) is 12.6 Å². The minimum Gasteiger partial charge on any atom is -0.353 e. The van der Waals surface area contributed by atoms with E-state index < -0.39 is 21.6 Å². The minimum absolute atomic E-state index is 0.162. The summed E-state index contributed by atoms with van der Waals surface area (Å²) < 4.78 is 46.9. The third-order valence-electron chi connectivity index (χ3n) is 4.39. The highest BCUT2D eigenvalue weighted by Crippen LogP contribution is 2.17. The quantitative estimate of drug-likeness (QED) is 0.534. The van der Waals surface area contributed by atoms with E-state index in [-0.39, 0.29) is 17.2 Å². The lowest BCUT2D eigenvalue weighted by Crippen LogP contribution is -2.30. The molecule has 0 aromatic rings. The normalized spacial score (nSPS) is 28.4. The van der Waals surface area contributed by atoms with Crippen LogP contribution in [-0.2, 0) is 40.5 Å². The molecule has 0 aliphatic carbocycles.